The van der Waals surface area contributed by atoms with E-state index in [0.29, 0.717) is 48.3 Å². The smallest absolute Gasteiger partial charge is 0.293 e. The molecule has 160 valence electrons. The second kappa shape index (κ2) is 8.85. The van der Waals surface area contributed by atoms with Crippen LogP contribution in [0.25, 0.3) is 5.69 Å². The molecule has 1 N–H and O–H groups in total. The minimum atomic E-state index is -0.242. The highest BCUT2D eigenvalue weighted by atomic mass is 35.5. The molecule has 0 unspecified atom stereocenters. The maximum atomic E-state index is 12.9. The van der Waals surface area contributed by atoms with E-state index in [2.05, 4.69) is 20.4 Å². The Labute approximate surface area is 185 Å². The molecule has 3 heterocycles. The number of hydrogen-bond acceptors (Lipinski definition) is 5. The second-order valence-electron chi connectivity index (χ2n) is 7.62. The summed E-state index contributed by atoms with van der Waals surface area (Å²) in [4.78, 5) is 35.7. The predicted octanol–water partition coefficient (Wildman–Crippen LogP) is 3.42. The molecule has 4 rings (SSSR count). The molecule has 2 amide bonds. The number of anilines is 1. The summed E-state index contributed by atoms with van der Waals surface area (Å²) < 4.78 is 1.57. The largest absolute Gasteiger partial charge is 0.336 e. The van der Waals surface area contributed by atoms with Gasteiger partial charge in [0.05, 0.1) is 10.7 Å². The Kier molecular flexibility index (Phi) is 5.99. The van der Waals surface area contributed by atoms with Gasteiger partial charge in [-0.3, -0.25) is 9.59 Å². The van der Waals surface area contributed by atoms with Crippen LogP contribution in [0.15, 0.2) is 42.6 Å². The number of likely N-dealkylation sites (tertiary alicyclic amines) is 1. The summed E-state index contributed by atoms with van der Waals surface area (Å²) in [7, 11) is 0. The van der Waals surface area contributed by atoms with Crippen LogP contribution < -0.4 is 5.32 Å². The van der Waals surface area contributed by atoms with Crippen LogP contribution >= 0.6 is 11.6 Å². The standard InChI is InChI=1S/C22H23ClN6O2/c1-14-7-10-24-19(13-14)26-21(30)16-8-11-28(12-9-16)22(31)20-25-15(2)29(27-20)18-6-4-3-5-17(18)23/h3-7,10,13,16H,8-9,11-12H2,1-2H3,(H,24,26,30). The van der Waals surface area contributed by atoms with Gasteiger partial charge in [0.25, 0.3) is 5.91 Å². The first-order chi connectivity index (χ1) is 14.9. The van der Waals surface area contributed by atoms with Crippen molar-refractivity contribution in [3.05, 3.63) is 64.8 Å². The SMILES string of the molecule is Cc1ccnc(NC(=O)C2CCN(C(=O)c3nc(C)n(-c4ccccc4Cl)n3)CC2)c1. The van der Waals surface area contributed by atoms with Crippen molar-refractivity contribution in [2.75, 3.05) is 18.4 Å². The van der Waals surface area contributed by atoms with Crippen molar-refractivity contribution in [2.24, 2.45) is 5.92 Å². The highest BCUT2D eigenvalue weighted by Gasteiger charge is 2.30. The number of rotatable bonds is 4. The number of halogens is 1. The van der Waals surface area contributed by atoms with E-state index in [1.807, 2.05) is 37.3 Å². The third kappa shape index (κ3) is 4.59. The lowest BCUT2D eigenvalue weighted by molar-refractivity contribution is -0.121. The van der Waals surface area contributed by atoms with Gasteiger partial charge >= 0.3 is 0 Å². The number of benzene rings is 1. The number of aromatic nitrogens is 4. The number of carbonyl (C=O) groups is 2. The molecule has 1 aliphatic heterocycles. The van der Waals surface area contributed by atoms with Crippen molar-refractivity contribution in [3.63, 3.8) is 0 Å². The van der Waals surface area contributed by atoms with Crippen LogP contribution in [0, 0.1) is 19.8 Å². The number of carbonyl (C=O) groups excluding carboxylic acids is 2. The molecule has 3 aromatic rings. The summed E-state index contributed by atoms with van der Waals surface area (Å²) in [5.41, 5.74) is 1.71. The summed E-state index contributed by atoms with van der Waals surface area (Å²) >= 11 is 6.25. The third-order valence-electron chi connectivity index (χ3n) is 5.36. The fraction of sp³-hybridized carbons (Fsp3) is 0.318. The van der Waals surface area contributed by atoms with E-state index in [1.54, 1.807) is 28.8 Å². The number of nitrogens with zero attached hydrogens (tertiary/aromatic N) is 5. The Morgan fingerprint density at radius 3 is 2.58 bits per heavy atom. The molecule has 0 aliphatic carbocycles. The van der Waals surface area contributed by atoms with Crippen LogP contribution in [0.1, 0.15) is 34.8 Å². The van der Waals surface area contributed by atoms with Gasteiger partial charge in [0.2, 0.25) is 11.7 Å². The highest BCUT2D eigenvalue weighted by Crippen LogP contribution is 2.22. The van der Waals surface area contributed by atoms with Gasteiger partial charge in [-0.15, -0.1) is 5.10 Å². The van der Waals surface area contributed by atoms with E-state index in [-0.39, 0.29) is 23.6 Å². The lowest BCUT2D eigenvalue weighted by Gasteiger charge is -2.30. The van der Waals surface area contributed by atoms with Gasteiger partial charge in [-0.2, -0.15) is 0 Å². The van der Waals surface area contributed by atoms with E-state index in [9.17, 15) is 9.59 Å². The minimum Gasteiger partial charge on any atom is -0.336 e. The Morgan fingerprint density at radius 2 is 1.87 bits per heavy atom. The van der Waals surface area contributed by atoms with Gasteiger partial charge in [-0.1, -0.05) is 23.7 Å². The maximum Gasteiger partial charge on any atom is 0.293 e. The van der Waals surface area contributed by atoms with Crippen LogP contribution in [0.5, 0.6) is 0 Å². The zero-order valence-corrected chi connectivity index (χ0v) is 18.1. The fourth-order valence-electron chi connectivity index (χ4n) is 3.65. The predicted molar refractivity (Wildman–Crippen MR) is 117 cm³/mol. The van der Waals surface area contributed by atoms with E-state index in [0.717, 1.165) is 5.56 Å². The zero-order chi connectivity index (χ0) is 22.0. The van der Waals surface area contributed by atoms with Crippen molar-refractivity contribution in [3.8, 4) is 5.69 Å². The summed E-state index contributed by atoms with van der Waals surface area (Å²) in [6.07, 6.45) is 2.82. The van der Waals surface area contributed by atoms with Gasteiger partial charge in [-0.05, 0) is 56.5 Å². The van der Waals surface area contributed by atoms with Crippen LogP contribution in [0.2, 0.25) is 5.02 Å². The third-order valence-corrected chi connectivity index (χ3v) is 5.68. The molecule has 8 nitrogen and oxygen atoms in total. The van der Waals surface area contributed by atoms with E-state index in [1.165, 1.54) is 0 Å². The highest BCUT2D eigenvalue weighted by molar-refractivity contribution is 6.32. The lowest BCUT2D eigenvalue weighted by atomic mass is 9.96. The van der Waals surface area contributed by atoms with Crippen LogP contribution in [-0.4, -0.2) is 49.6 Å². The van der Waals surface area contributed by atoms with Crippen molar-refractivity contribution >= 4 is 29.2 Å². The Bertz CT molecular complexity index is 1120. The van der Waals surface area contributed by atoms with Crippen molar-refractivity contribution < 1.29 is 9.59 Å². The Morgan fingerprint density at radius 1 is 1.13 bits per heavy atom. The number of para-hydroxylation sites is 1. The van der Waals surface area contributed by atoms with Gasteiger partial charge < -0.3 is 10.2 Å². The van der Waals surface area contributed by atoms with Gasteiger partial charge in [0, 0.05) is 25.2 Å². The molecule has 0 spiro atoms. The molecule has 2 aromatic heterocycles. The molecule has 31 heavy (non-hydrogen) atoms. The molecule has 1 aliphatic rings. The zero-order valence-electron chi connectivity index (χ0n) is 17.4. The van der Waals surface area contributed by atoms with Gasteiger partial charge in [0.1, 0.15) is 11.6 Å². The first kappa shape index (κ1) is 21.0. The quantitative estimate of drug-likeness (QED) is 0.673. The van der Waals surface area contributed by atoms with E-state index in [4.69, 9.17) is 11.6 Å². The van der Waals surface area contributed by atoms with Crippen molar-refractivity contribution in [1.29, 1.82) is 0 Å². The summed E-state index contributed by atoms with van der Waals surface area (Å²) in [5, 5.41) is 7.78. The van der Waals surface area contributed by atoms with Gasteiger partial charge in [0.15, 0.2) is 0 Å². The van der Waals surface area contributed by atoms with Crippen LogP contribution in [0.4, 0.5) is 5.82 Å². The summed E-state index contributed by atoms with van der Waals surface area (Å²) in [6, 6.07) is 11.0. The Balaban J connectivity index is 1.39. The topological polar surface area (TPSA) is 93.0 Å². The van der Waals surface area contributed by atoms with Crippen molar-refractivity contribution in [1.82, 2.24) is 24.6 Å². The number of aryl methyl sites for hydroxylation is 2. The number of piperidine rings is 1. The molecule has 0 atom stereocenters. The normalized spacial score (nSPS) is 14.5. The monoisotopic (exact) mass is 438 g/mol. The first-order valence-electron chi connectivity index (χ1n) is 10.1. The molecule has 1 aromatic carbocycles. The molecule has 1 saturated heterocycles. The van der Waals surface area contributed by atoms with Crippen LogP contribution in [-0.2, 0) is 4.79 Å². The number of amides is 2. The average molecular weight is 439 g/mol. The fourth-order valence-corrected chi connectivity index (χ4v) is 3.87. The Hall–Kier alpha value is -3.26. The summed E-state index contributed by atoms with van der Waals surface area (Å²) in [6.45, 7) is 4.67. The second-order valence-corrected chi connectivity index (χ2v) is 8.03. The van der Waals surface area contributed by atoms with E-state index < -0.39 is 0 Å². The molecular weight excluding hydrogens is 416 g/mol. The lowest BCUT2D eigenvalue weighted by Crippen LogP contribution is -2.42. The summed E-state index contributed by atoms with van der Waals surface area (Å²) in [5.74, 6) is 0.783. The van der Waals surface area contributed by atoms with E-state index >= 15 is 0 Å². The number of hydrogen-bond donors (Lipinski definition) is 1. The first-order valence-corrected chi connectivity index (χ1v) is 10.5. The van der Waals surface area contributed by atoms with Crippen LogP contribution in [0.3, 0.4) is 0 Å². The minimum absolute atomic E-state index is 0.0674. The van der Waals surface area contributed by atoms with Crippen molar-refractivity contribution in [2.45, 2.75) is 26.7 Å². The van der Waals surface area contributed by atoms with Gasteiger partial charge in [-0.25, -0.2) is 14.6 Å². The number of nitrogens with one attached hydrogen (secondary N) is 1. The molecule has 0 radical (unpaired) electrons. The molecule has 0 bridgehead atoms. The molecular formula is C22H23ClN6O2. The number of pyridine rings is 1. The molecule has 1 fully saturated rings. The molecule has 9 heteroatoms. The molecule has 0 saturated carbocycles. The average Bonchev–Trinajstić information content (AvgIpc) is 3.15. The maximum absolute atomic E-state index is 12.9.